The van der Waals surface area contributed by atoms with Crippen molar-refractivity contribution in [3.63, 3.8) is 0 Å². The maximum atomic E-state index is 12.2. The number of amides is 1. The predicted molar refractivity (Wildman–Crippen MR) is 70.0 cm³/mol. The zero-order valence-corrected chi connectivity index (χ0v) is 11.3. The van der Waals surface area contributed by atoms with Gasteiger partial charge >= 0.3 is 0 Å². The standard InChI is InChI=1S/C13H19N3O3/c1-14-13(18)11-9-19-7-6-16(11)8-12(17)10-4-3-5-15(10)2/h3-5,11H,6-9H2,1-2H3,(H,14,18). The van der Waals surface area contributed by atoms with Gasteiger partial charge in [-0.15, -0.1) is 0 Å². The molecule has 1 saturated heterocycles. The monoisotopic (exact) mass is 265 g/mol. The van der Waals surface area contributed by atoms with E-state index in [1.165, 1.54) is 0 Å². The largest absolute Gasteiger partial charge is 0.378 e. The molecule has 0 radical (unpaired) electrons. The molecule has 0 spiro atoms. The fourth-order valence-corrected chi connectivity index (χ4v) is 2.25. The number of ether oxygens (including phenoxy) is 1. The van der Waals surface area contributed by atoms with Gasteiger partial charge in [-0.2, -0.15) is 0 Å². The SMILES string of the molecule is CNC(=O)C1COCCN1CC(=O)c1cccn1C. The van der Waals surface area contributed by atoms with Crippen LogP contribution in [0.5, 0.6) is 0 Å². The van der Waals surface area contributed by atoms with E-state index >= 15 is 0 Å². The van der Waals surface area contributed by atoms with Crippen LogP contribution in [0.4, 0.5) is 0 Å². The molecule has 0 aromatic carbocycles. The van der Waals surface area contributed by atoms with Crippen LogP contribution in [-0.2, 0) is 16.6 Å². The highest BCUT2D eigenvalue weighted by molar-refractivity contribution is 5.96. The number of Topliss-reactive ketones (excluding diaryl/α,β-unsaturated/α-hetero) is 1. The second-order valence-corrected chi connectivity index (χ2v) is 4.60. The van der Waals surface area contributed by atoms with Crippen molar-refractivity contribution in [3.05, 3.63) is 24.0 Å². The van der Waals surface area contributed by atoms with Crippen LogP contribution in [0.3, 0.4) is 0 Å². The van der Waals surface area contributed by atoms with E-state index in [9.17, 15) is 9.59 Å². The third-order valence-corrected chi connectivity index (χ3v) is 3.36. The Morgan fingerprint density at radius 2 is 2.32 bits per heavy atom. The number of likely N-dealkylation sites (N-methyl/N-ethyl adjacent to an activating group) is 1. The molecule has 19 heavy (non-hydrogen) atoms. The Labute approximate surface area is 112 Å². The van der Waals surface area contributed by atoms with Crippen LogP contribution in [0, 0.1) is 0 Å². The van der Waals surface area contributed by atoms with Gasteiger partial charge in [-0.25, -0.2) is 0 Å². The van der Waals surface area contributed by atoms with Gasteiger partial charge in [-0.1, -0.05) is 0 Å². The van der Waals surface area contributed by atoms with Crippen LogP contribution in [0.15, 0.2) is 18.3 Å². The number of ketones is 1. The Balaban J connectivity index is 2.05. The second kappa shape index (κ2) is 5.99. The molecular formula is C13H19N3O3. The van der Waals surface area contributed by atoms with Crippen molar-refractivity contribution >= 4 is 11.7 Å². The van der Waals surface area contributed by atoms with Gasteiger partial charge in [0.1, 0.15) is 6.04 Å². The highest BCUT2D eigenvalue weighted by Gasteiger charge is 2.30. The first-order valence-electron chi connectivity index (χ1n) is 6.31. The number of nitrogens with zero attached hydrogens (tertiary/aromatic N) is 2. The van der Waals surface area contributed by atoms with E-state index in [-0.39, 0.29) is 24.3 Å². The van der Waals surface area contributed by atoms with Crippen LogP contribution in [0.25, 0.3) is 0 Å². The van der Waals surface area contributed by atoms with Crippen LogP contribution in [-0.4, -0.2) is 60.6 Å². The summed E-state index contributed by atoms with van der Waals surface area (Å²) < 4.78 is 7.10. The average molecular weight is 265 g/mol. The summed E-state index contributed by atoms with van der Waals surface area (Å²) in [6, 6.07) is 3.24. The Morgan fingerprint density at radius 3 is 2.95 bits per heavy atom. The zero-order valence-electron chi connectivity index (χ0n) is 11.3. The van der Waals surface area contributed by atoms with Gasteiger partial charge in [0.05, 0.1) is 25.5 Å². The molecule has 1 amide bonds. The highest BCUT2D eigenvalue weighted by atomic mass is 16.5. The molecule has 1 N–H and O–H groups in total. The van der Waals surface area contributed by atoms with Crippen LogP contribution in [0.1, 0.15) is 10.5 Å². The summed E-state index contributed by atoms with van der Waals surface area (Å²) in [4.78, 5) is 25.9. The molecule has 2 heterocycles. The lowest BCUT2D eigenvalue weighted by Crippen LogP contribution is -2.54. The molecule has 1 atom stereocenters. The number of carbonyl (C=O) groups is 2. The molecule has 1 aromatic heterocycles. The van der Waals surface area contributed by atoms with Gasteiger partial charge in [-0.05, 0) is 12.1 Å². The van der Waals surface area contributed by atoms with E-state index in [1.54, 1.807) is 17.7 Å². The molecular weight excluding hydrogens is 246 g/mol. The van der Waals surface area contributed by atoms with Gasteiger partial charge in [0.25, 0.3) is 0 Å². The lowest BCUT2D eigenvalue weighted by Gasteiger charge is -2.33. The first-order chi connectivity index (χ1) is 9.13. The molecule has 1 aliphatic heterocycles. The van der Waals surface area contributed by atoms with Crippen molar-refractivity contribution in [2.45, 2.75) is 6.04 Å². The number of hydrogen-bond donors (Lipinski definition) is 1. The Bertz CT molecular complexity index is 469. The first-order valence-corrected chi connectivity index (χ1v) is 6.31. The minimum absolute atomic E-state index is 0.0169. The summed E-state index contributed by atoms with van der Waals surface area (Å²) in [5, 5.41) is 2.61. The van der Waals surface area contributed by atoms with Crippen molar-refractivity contribution in [1.29, 1.82) is 0 Å². The molecule has 104 valence electrons. The number of nitrogens with one attached hydrogen (secondary N) is 1. The summed E-state index contributed by atoms with van der Waals surface area (Å²) in [6.45, 7) is 1.71. The molecule has 0 bridgehead atoms. The number of aromatic nitrogens is 1. The number of morpholine rings is 1. The molecule has 1 unspecified atom stereocenters. The molecule has 2 rings (SSSR count). The number of hydrogen-bond acceptors (Lipinski definition) is 4. The molecule has 0 aliphatic carbocycles. The Kier molecular flexibility index (Phi) is 4.34. The van der Waals surface area contributed by atoms with E-state index in [0.29, 0.717) is 25.5 Å². The average Bonchev–Trinajstić information content (AvgIpc) is 2.85. The molecule has 6 heteroatoms. The summed E-state index contributed by atoms with van der Waals surface area (Å²) >= 11 is 0. The maximum absolute atomic E-state index is 12.2. The minimum Gasteiger partial charge on any atom is -0.378 e. The highest BCUT2D eigenvalue weighted by Crippen LogP contribution is 2.10. The van der Waals surface area contributed by atoms with Gasteiger partial charge in [0.2, 0.25) is 5.91 Å². The third kappa shape index (κ3) is 3.02. The number of aryl methyl sites for hydroxylation is 1. The Morgan fingerprint density at radius 1 is 1.53 bits per heavy atom. The Hall–Kier alpha value is -1.66. The summed E-state index contributed by atoms with van der Waals surface area (Å²) in [5.74, 6) is -0.0947. The van der Waals surface area contributed by atoms with Crippen LogP contribution >= 0.6 is 0 Å². The minimum atomic E-state index is -0.386. The number of rotatable bonds is 4. The summed E-state index contributed by atoms with van der Waals surface area (Å²) in [5.41, 5.74) is 0.655. The molecule has 0 saturated carbocycles. The quantitative estimate of drug-likeness (QED) is 0.756. The zero-order chi connectivity index (χ0) is 13.8. The van der Waals surface area contributed by atoms with E-state index in [4.69, 9.17) is 4.74 Å². The fourth-order valence-electron chi connectivity index (χ4n) is 2.25. The molecule has 1 aliphatic rings. The second-order valence-electron chi connectivity index (χ2n) is 4.60. The van der Waals surface area contributed by atoms with Crippen LogP contribution < -0.4 is 5.32 Å². The van der Waals surface area contributed by atoms with E-state index in [2.05, 4.69) is 5.32 Å². The van der Waals surface area contributed by atoms with Crippen molar-refractivity contribution in [3.8, 4) is 0 Å². The van der Waals surface area contributed by atoms with E-state index < -0.39 is 0 Å². The fraction of sp³-hybridized carbons (Fsp3) is 0.538. The lowest BCUT2D eigenvalue weighted by atomic mass is 10.1. The molecule has 6 nitrogen and oxygen atoms in total. The van der Waals surface area contributed by atoms with Crippen molar-refractivity contribution in [2.75, 3.05) is 33.4 Å². The lowest BCUT2D eigenvalue weighted by molar-refractivity contribution is -0.131. The van der Waals surface area contributed by atoms with Gasteiger partial charge in [0, 0.05) is 26.8 Å². The maximum Gasteiger partial charge on any atom is 0.239 e. The molecule has 1 fully saturated rings. The van der Waals surface area contributed by atoms with E-state index in [1.807, 2.05) is 24.2 Å². The van der Waals surface area contributed by atoms with Gasteiger partial charge in [0.15, 0.2) is 5.78 Å². The van der Waals surface area contributed by atoms with Crippen molar-refractivity contribution in [2.24, 2.45) is 7.05 Å². The van der Waals surface area contributed by atoms with E-state index in [0.717, 1.165) is 0 Å². The third-order valence-electron chi connectivity index (χ3n) is 3.36. The van der Waals surface area contributed by atoms with Crippen molar-refractivity contribution < 1.29 is 14.3 Å². The smallest absolute Gasteiger partial charge is 0.239 e. The number of carbonyl (C=O) groups excluding carboxylic acids is 2. The first kappa shape index (κ1) is 13.8. The summed E-state index contributed by atoms with van der Waals surface area (Å²) in [6.07, 6.45) is 1.84. The topological polar surface area (TPSA) is 63.6 Å². The normalized spacial score (nSPS) is 20.2. The van der Waals surface area contributed by atoms with Crippen molar-refractivity contribution in [1.82, 2.24) is 14.8 Å². The predicted octanol–water partition coefficient (Wildman–Crippen LogP) is -0.345. The van der Waals surface area contributed by atoms with Gasteiger partial charge in [-0.3, -0.25) is 14.5 Å². The van der Waals surface area contributed by atoms with Gasteiger partial charge < -0.3 is 14.6 Å². The van der Waals surface area contributed by atoms with Crippen LogP contribution in [0.2, 0.25) is 0 Å². The molecule has 1 aromatic rings. The summed E-state index contributed by atoms with van der Waals surface area (Å²) in [7, 11) is 3.43.